The van der Waals surface area contributed by atoms with E-state index >= 15 is 0 Å². The lowest BCUT2D eigenvalue weighted by molar-refractivity contribution is 0.0199. The highest BCUT2D eigenvalue weighted by Crippen LogP contribution is 2.05. The summed E-state index contributed by atoms with van der Waals surface area (Å²) in [6.45, 7) is 2.87. The predicted molar refractivity (Wildman–Crippen MR) is 61.6 cm³/mol. The zero-order chi connectivity index (χ0) is 11.6. The Morgan fingerprint density at radius 2 is 1.88 bits per heavy atom. The van der Waals surface area contributed by atoms with E-state index in [9.17, 15) is 0 Å². The van der Waals surface area contributed by atoms with Gasteiger partial charge in [-0.05, 0) is 11.6 Å². The Balaban J connectivity index is 2.01. The number of methoxy groups -OCH3 is 1. The largest absolute Gasteiger partial charge is 0.382 e. The summed E-state index contributed by atoms with van der Waals surface area (Å²) in [6, 6.07) is 3.64. The number of hydrogen-bond donors (Lipinski definition) is 0. The van der Waals surface area contributed by atoms with Gasteiger partial charge < -0.3 is 14.2 Å². The molecule has 0 atom stereocenters. The molecule has 0 spiro atoms. The molecule has 0 fully saturated rings. The number of hydrogen-bond acceptors (Lipinski definition) is 4. The van der Waals surface area contributed by atoms with Crippen LogP contribution in [0.1, 0.15) is 5.56 Å². The summed E-state index contributed by atoms with van der Waals surface area (Å²) in [5.41, 5.74) is 1.00. The fourth-order valence-electron chi connectivity index (χ4n) is 1.04. The summed E-state index contributed by atoms with van der Waals surface area (Å²) in [6.07, 6.45) is 1.70. The van der Waals surface area contributed by atoms with Crippen molar-refractivity contribution in [3.8, 4) is 0 Å². The molecule has 16 heavy (non-hydrogen) atoms. The van der Waals surface area contributed by atoms with Crippen LogP contribution in [0, 0.1) is 0 Å². The lowest BCUT2D eigenvalue weighted by atomic mass is 10.3. The Morgan fingerprint density at radius 1 is 1.12 bits per heavy atom. The van der Waals surface area contributed by atoms with Crippen LogP contribution in [0.3, 0.4) is 0 Å². The van der Waals surface area contributed by atoms with Gasteiger partial charge in [-0.2, -0.15) is 0 Å². The molecule has 0 aromatic carbocycles. The molecule has 90 valence electrons. The normalized spacial score (nSPS) is 10.6. The Labute approximate surface area is 100 Å². The molecule has 0 unspecified atom stereocenters. The highest BCUT2D eigenvalue weighted by atomic mass is 35.5. The number of aromatic nitrogens is 1. The van der Waals surface area contributed by atoms with Crippen molar-refractivity contribution in [1.29, 1.82) is 0 Å². The molecule has 0 N–H and O–H groups in total. The van der Waals surface area contributed by atoms with Crippen molar-refractivity contribution in [3.63, 3.8) is 0 Å². The molecule has 0 aliphatic carbocycles. The average molecular weight is 246 g/mol. The molecule has 0 radical (unpaired) electrons. The van der Waals surface area contributed by atoms with Gasteiger partial charge in [-0.1, -0.05) is 17.7 Å². The van der Waals surface area contributed by atoms with Crippen molar-refractivity contribution in [2.45, 2.75) is 6.61 Å². The molecule has 1 aromatic heterocycles. The van der Waals surface area contributed by atoms with Gasteiger partial charge in [0.2, 0.25) is 0 Å². The lowest BCUT2D eigenvalue weighted by Crippen LogP contribution is -2.08. The minimum absolute atomic E-state index is 0.492. The van der Waals surface area contributed by atoms with Gasteiger partial charge >= 0.3 is 0 Å². The van der Waals surface area contributed by atoms with Gasteiger partial charge in [-0.15, -0.1) is 0 Å². The van der Waals surface area contributed by atoms with Crippen LogP contribution in [0.2, 0.25) is 5.15 Å². The van der Waals surface area contributed by atoms with Crippen LogP contribution in [0.4, 0.5) is 0 Å². The second-order valence-electron chi connectivity index (χ2n) is 3.15. The molecule has 0 amide bonds. The fraction of sp³-hybridized carbons (Fsp3) is 0.545. The third kappa shape index (κ3) is 6.02. The third-order valence-corrected chi connectivity index (χ3v) is 2.08. The van der Waals surface area contributed by atoms with Crippen LogP contribution in [-0.4, -0.2) is 38.5 Å². The van der Waals surface area contributed by atoms with Gasteiger partial charge in [0.15, 0.2) is 0 Å². The van der Waals surface area contributed by atoms with Crippen LogP contribution in [0.15, 0.2) is 18.3 Å². The average Bonchev–Trinajstić information content (AvgIpc) is 2.30. The zero-order valence-corrected chi connectivity index (χ0v) is 10.1. The summed E-state index contributed by atoms with van der Waals surface area (Å²) in [7, 11) is 1.65. The molecule has 1 heterocycles. The summed E-state index contributed by atoms with van der Waals surface area (Å²) in [5.74, 6) is 0. The SMILES string of the molecule is COCCOCCOCc1ccc(Cl)nc1. The Kier molecular flexibility index (Phi) is 7.09. The second-order valence-corrected chi connectivity index (χ2v) is 3.53. The number of halogens is 1. The van der Waals surface area contributed by atoms with Crippen molar-refractivity contribution in [2.24, 2.45) is 0 Å². The van der Waals surface area contributed by atoms with E-state index in [1.807, 2.05) is 6.07 Å². The van der Waals surface area contributed by atoms with Gasteiger partial charge in [-0.25, -0.2) is 4.98 Å². The van der Waals surface area contributed by atoms with Gasteiger partial charge in [0.05, 0.1) is 33.0 Å². The quantitative estimate of drug-likeness (QED) is 0.518. The summed E-state index contributed by atoms with van der Waals surface area (Å²) in [4.78, 5) is 3.96. The molecule has 0 saturated carbocycles. The monoisotopic (exact) mass is 245 g/mol. The van der Waals surface area contributed by atoms with E-state index in [0.717, 1.165) is 5.56 Å². The molecular weight excluding hydrogens is 230 g/mol. The maximum Gasteiger partial charge on any atom is 0.129 e. The number of rotatable bonds is 8. The first-order valence-corrected chi connectivity index (χ1v) is 5.45. The maximum absolute atomic E-state index is 5.66. The number of ether oxygens (including phenoxy) is 3. The molecule has 0 aliphatic heterocycles. The van der Waals surface area contributed by atoms with Crippen molar-refractivity contribution < 1.29 is 14.2 Å². The van der Waals surface area contributed by atoms with Crippen LogP contribution >= 0.6 is 11.6 Å². The standard InChI is InChI=1S/C11H16ClNO3/c1-14-4-5-15-6-7-16-9-10-2-3-11(12)13-8-10/h2-3,8H,4-7,9H2,1H3. The third-order valence-electron chi connectivity index (χ3n) is 1.86. The van der Waals surface area contributed by atoms with Crippen LogP contribution in [0.25, 0.3) is 0 Å². The Morgan fingerprint density at radius 3 is 2.56 bits per heavy atom. The van der Waals surface area contributed by atoms with E-state index < -0.39 is 0 Å². The molecule has 5 heteroatoms. The van der Waals surface area contributed by atoms with Gasteiger partial charge in [0.25, 0.3) is 0 Å². The molecule has 0 bridgehead atoms. The van der Waals surface area contributed by atoms with Crippen molar-refractivity contribution in [1.82, 2.24) is 4.98 Å². The van der Waals surface area contributed by atoms with Crippen molar-refractivity contribution >= 4 is 11.6 Å². The summed E-state index contributed by atoms with van der Waals surface area (Å²) >= 11 is 5.66. The van der Waals surface area contributed by atoms with E-state index in [2.05, 4.69) is 4.98 Å². The summed E-state index contributed by atoms with van der Waals surface area (Å²) in [5, 5.41) is 0.492. The molecule has 4 nitrogen and oxygen atoms in total. The van der Waals surface area contributed by atoms with Crippen LogP contribution in [0.5, 0.6) is 0 Å². The number of pyridine rings is 1. The maximum atomic E-state index is 5.66. The topological polar surface area (TPSA) is 40.6 Å². The summed E-state index contributed by atoms with van der Waals surface area (Å²) < 4.78 is 15.5. The first-order chi connectivity index (χ1) is 7.83. The molecule has 0 saturated heterocycles. The van der Waals surface area contributed by atoms with E-state index in [-0.39, 0.29) is 0 Å². The molecule has 1 aromatic rings. The molecule has 0 aliphatic rings. The Hall–Kier alpha value is -0.680. The van der Waals surface area contributed by atoms with Gasteiger partial charge in [-0.3, -0.25) is 0 Å². The fourth-order valence-corrected chi connectivity index (χ4v) is 1.16. The first-order valence-electron chi connectivity index (χ1n) is 5.08. The Bertz CT molecular complexity index is 279. The highest BCUT2D eigenvalue weighted by molar-refractivity contribution is 6.29. The van der Waals surface area contributed by atoms with Crippen LogP contribution in [-0.2, 0) is 20.8 Å². The van der Waals surface area contributed by atoms with Crippen LogP contribution < -0.4 is 0 Å². The van der Waals surface area contributed by atoms with E-state index in [1.165, 1.54) is 0 Å². The number of nitrogens with zero attached hydrogens (tertiary/aromatic N) is 1. The lowest BCUT2D eigenvalue weighted by Gasteiger charge is -2.05. The minimum Gasteiger partial charge on any atom is -0.382 e. The van der Waals surface area contributed by atoms with Gasteiger partial charge in [0.1, 0.15) is 5.15 Å². The van der Waals surface area contributed by atoms with Crippen molar-refractivity contribution in [3.05, 3.63) is 29.0 Å². The highest BCUT2D eigenvalue weighted by Gasteiger charge is 1.94. The predicted octanol–water partition coefficient (Wildman–Crippen LogP) is 1.91. The second kappa shape index (κ2) is 8.47. The molecule has 1 rings (SSSR count). The van der Waals surface area contributed by atoms with E-state index in [0.29, 0.717) is 38.2 Å². The van der Waals surface area contributed by atoms with Gasteiger partial charge in [0, 0.05) is 13.3 Å². The van der Waals surface area contributed by atoms with E-state index in [4.69, 9.17) is 25.8 Å². The minimum atomic E-state index is 0.492. The zero-order valence-electron chi connectivity index (χ0n) is 9.32. The first kappa shape index (κ1) is 13.4. The van der Waals surface area contributed by atoms with Crippen molar-refractivity contribution in [2.75, 3.05) is 33.5 Å². The smallest absolute Gasteiger partial charge is 0.129 e. The molecular formula is C11H16ClNO3. The van der Waals surface area contributed by atoms with E-state index in [1.54, 1.807) is 19.4 Å².